The minimum absolute atomic E-state index is 0. The van der Waals surface area contributed by atoms with Gasteiger partial charge in [-0.1, -0.05) is 0 Å². The molecule has 0 bridgehead atoms. The van der Waals surface area contributed by atoms with Crippen LogP contribution in [0, 0.1) is 11.8 Å². The topological polar surface area (TPSA) is 27.0 Å². The number of nitriles is 1. The third-order valence-corrected chi connectivity index (χ3v) is 0. The van der Waals surface area contributed by atoms with E-state index < -0.39 is 0 Å². The summed E-state index contributed by atoms with van der Waals surface area (Å²) < 4.78 is 0. The van der Waals surface area contributed by atoms with E-state index in [2.05, 4.69) is 6.57 Å². The summed E-state index contributed by atoms with van der Waals surface area (Å²) in [4.78, 5) is 2.00. The average molecular weight is 123 g/mol. The monoisotopic (exact) mass is 122 g/mol. The Bertz CT molecular complexity index is 31.2. The Morgan fingerprint density at radius 3 is 1.14 bits per heavy atom. The molecule has 3 heteroatoms. The first-order valence-electron chi connectivity index (χ1n) is 1.60. The number of hydrogen-bond acceptors (Lipinski definition) is 2. The van der Waals surface area contributed by atoms with Crippen molar-refractivity contribution in [2.45, 2.75) is 0 Å². The molecule has 0 amide bonds. The highest BCUT2D eigenvalue weighted by Gasteiger charge is 1.58. The van der Waals surface area contributed by atoms with E-state index in [-0.39, 0.29) is 12.4 Å². The molecular weight excluding hydrogens is 112 g/mol. The third-order valence-electron chi connectivity index (χ3n) is 0. The van der Waals surface area contributed by atoms with Crippen LogP contribution in [0.5, 0.6) is 0 Å². The van der Waals surface area contributed by atoms with Crippen molar-refractivity contribution in [1.82, 2.24) is 4.90 Å². The van der Waals surface area contributed by atoms with Crippen LogP contribution < -0.4 is 0 Å². The molecule has 0 rings (SSSR count). The first-order valence-corrected chi connectivity index (χ1v) is 1.60. The maximum Gasteiger partial charge on any atom is 0.0462 e. The molecule has 0 aliphatic rings. The molecule has 0 aromatic carbocycles. The Balaban J connectivity index is -0.0000000480. The summed E-state index contributed by atoms with van der Waals surface area (Å²) in [6.45, 7) is 3.50. The molecule has 0 N–H and O–H groups in total. The van der Waals surface area contributed by atoms with Gasteiger partial charge >= 0.3 is 0 Å². The van der Waals surface area contributed by atoms with E-state index in [1.807, 2.05) is 26.0 Å². The molecule has 0 aromatic heterocycles. The zero-order valence-corrected chi connectivity index (χ0v) is 5.70. The zero-order valence-electron chi connectivity index (χ0n) is 4.88. The molecule has 0 atom stereocenters. The van der Waals surface area contributed by atoms with E-state index in [4.69, 9.17) is 5.26 Å². The first-order chi connectivity index (χ1) is 2.73. The lowest BCUT2D eigenvalue weighted by atomic mass is 11.0. The Labute approximate surface area is 51.1 Å². The van der Waals surface area contributed by atoms with Crippen LogP contribution >= 0.6 is 12.4 Å². The lowest BCUT2D eigenvalue weighted by Crippen LogP contribution is -1.99. The number of rotatable bonds is 0. The van der Waals surface area contributed by atoms with E-state index >= 15 is 0 Å². The fourth-order valence-corrected chi connectivity index (χ4v) is 0. The van der Waals surface area contributed by atoms with Crippen LogP contribution in [-0.2, 0) is 0 Å². The fourth-order valence-electron chi connectivity index (χ4n) is 0. The van der Waals surface area contributed by atoms with Gasteiger partial charge in [-0.25, -0.2) is 5.26 Å². The Kier molecular flexibility index (Phi) is 39.0. The maximum absolute atomic E-state index is 6.50. The van der Waals surface area contributed by atoms with Gasteiger partial charge in [0.15, 0.2) is 0 Å². The van der Waals surface area contributed by atoms with E-state index in [0.29, 0.717) is 0 Å². The van der Waals surface area contributed by atoms with E-state index in [0.717, 1.165) is 0 Å². The third kappa shape index (κ3) is 1190. The highest BCUT2D eigenvalue weighted by Crippen LogP contribution is 1.47. The maximum atomic E-state index is 6.50. The van der Waals surface area contributed by atoms with Crippen molar-refractivity contribution < 1.29 is 0 Å². The van der Waals surface area contributed by atoms with Crippen molar-refractivity contribution in [3.05, 3.63) is 0 Å². The van der Waals surface area contributed by atoms with Gasteiger partial charge in [-0.05, 0) is 21.1 Å². The Morgan fingerprint density at radius 1 is 1.14 bits per heavy atom. The molecular formula is C4H11ClN2. The minimum atomic E-state index is 0. The van der Waals surface area contributed by atoms with E-state index in [1.165, 1.54) is 0 Å². The van der Waals surface area contributed by atoms with Crippen LogP contribution in [0.3, 0.4) is 0 Å². The highest BCUT2D eigenvalue weighted by molar-refractivity contribution is 5.85. The average Bonchev–Trinajstić information content (AvgIpc) is 1.41. The fraction of sp³-hybridized carbons (Fsp3) is 0.750. The molecule has 0 aromatic rings. The molecule has 0 saturated carbocycles. The van der Waals surface area contributed by atoms with Gasteiger partial charge in [-0.2, -0.15) is 0 Å². The molecule has 7 heavy (non-hydrogen) atoms. The van der Waals surface area contributed by atoms with Gasteiger partial charge < -0.3 is 4.90 Å². The smallest absolute Gasteiger partial charge is 0.0462 e. The number of nitrogens with zero attached hydrogens (tertiary/aromatic N) is 2. The summed E-state index contributed by atoms with van der Waals surface area (Å²) >= 11 is 0. The summed E-state index contributed by atoms with van der Waals surface area (Å²) in [5.41, 5.74) is 0. The number of halogens is 1. The molecule has 0 unspecified atom stereocenters. The lowest BCUT2D eigenvalue weighted by Gasteiger charge is -1.90. The molecule has 0 fully saturated rings. The van der Waals surface area contributed by atoms with Crippen molar-refractivity contribution in [3.63, 3.8) is 0 Å². The van der Waals surface area contributed by atoms with E-state index in [1.54, 1.807) is 0 Å². The molecule has 0 spiro atoms. The van der Waals surface area contributed by atoms with Gasteiger partial charge in [0.2, 0.25) is 0 Å². The van der Waals surface area contributed by atoms with Crippen LogP contribution in [0.1, 0.15) is 0 Å². The largest absolute Gasteiger partial charge is 0.312 e. The second kappa shape index (κ2) is 17.2. The van der Waals surface area contributed by atoms with Crippen molar-refractivity contribution in [1.29, 1.82) is 5.26 Å². The first kappa shape index (κ1) is 15.9. The molecule has 0 aliphatic carbocycles. The van der Waals surface area contributed by atoms with Crippen molar-refractivity contribution in [3.8, 4) is 6.57 Å². The SMILES string of the molecule is C#N.CN(C)C.Cl. The van der Waals surface area contributed by atoms with Crippen LogP contribution in [0.2, 0.25) is 0 Å². The Morgan fingerprint density at radius 2 is 1.14 bits per heavy atom. The van der Waals surface area contributed by atoms with Crippen molar-refractivity contribution in [2.75, 3.05) is 21.1 Å². The second-order valence-electron chi connectivity index (χ2n) is 1.34. The lowest BCUT2D eigenvalue weighted by molar-refractivity contribution is 0.505. The molecule has 0 aliphatic heterocycles. The van der Waals surface area contributed by atoms with Gasteiger partial charge in [0.1, 0.15) is 0 Å². The van der Waals surface area contributed by atoms with Crippen LogP contribution in [0.4, 0.5) is 0 Å². The molecule has 0 heterocycles. The standard InChI is InChI=1S/C3H9N.CHN.ClH/c1-4(2)3;1-2;/h1-3H3;1H;1H. The molecule has 0 saturated heterocycles. The summed E-state index contributed by atoms with van der Waals surface area (Å²) in [6.07, 6.45) is 0. The zero-order chi connectivity index (χ0) is 5.58. The quantitative estimate of drug-likeness (QED) is 0.474. The predicted octanol–water partition coefficient (Wildman–Crippen LogP) is 0.739. The van der Waals surface area contributed by atoms with Gasteiger partial charge in [0.25, 0.3) is 0 Å². The van der Waals surface area contributed by atoms with Gasteiger partial charge in [0, 0.05) is 6.57 Å². The van der Waals surface area contributed by atoms with Crippen LogP contribution in [0.25, 0.3) is 0 Å². The molecule has 2 nitrogen and oxygen atoms in total. The van der Waals surface area contributed by atoms with Crippen LogP contribution in [0.15, 0.2) is 0 Å². The minimum Gasteiger partial charge on any atom is -0.312 e. The summed E-state index contributed by atoms with van der Waals surface area (Å²) in [5, 5.41) is 6.50. The molecule has 0 radical (unpaired) electrons. The predicted molar refractivity (Wildman–Crippen MR) is 33.5 cm³/mol. The van der Waals surface area contributed by atoms with Crippen molar-refractivity contribution >= 4 is 12.4 Å². The van der Waals surface area contributed by atoms with Gasteiger partial charge in [-0.3, -0.25) is 0 Å². The number of hydrogen-bond donors (Lipinski definition) is 0. The summed E-state index contributed by atoms with van der Waals surface area (Å²) in [5.74, 6) is 0. The molecule has 44 valence electrons. The van der Waals surface area contributed by atoms with Crippen LogP contribution in [-0.4, -0.2) is 26.0 Å². The normalized spacial score (nSPS) is 5.43. The Hall–Kier alpha value is -0.260. The highest BCUT2D eigenvalue weighted by atomic mass is 35.5. The van der Waals surface area contributed by atoms with E-state index in [9.17, 15) is 0 Å². The van der Waals surface area contributed by atoms with Crippen molar-refractivity contribution in [2.24, 2.45) is 0 Å². The van der Waals surface area contributed by atoms with Gasteiger partial charge in [0.05, 0.1) is 0 Å². The summed E-state index contributed by atoms with van der Waals surface area (Å²) in [7, 11) is 6.00. The van der Waals surface area contributed by atoms with Gasteiger partial charge in [-0.15, -0.1) is 12.4 Å². The second-order valence-corrected chi connectivity index (χ2v) is 1.34. The summed E-state index contributed by atoms with van der Waals surface area (Å²) in [6, 6.07) is 0.